The maximum atomic E-state index is 9.67. The molecule has 3 rings (SSSR count). The number of hydrogen-bond donors (Lipinski definition) is 2. The Labute approximate surface area is 156 Å². The van der Waals surface area contributed by atoms with Crippen molar-refractivity contribution in [2.75, 3.05) is 0 Å². The Kier molecular flexibility index (Phi) is 5.92. The third-order valence-electron chi connectivity index (χ3n) is 4.50. The number of allylic oxidation sites excluding steroid dienone is 1. The summed E-state index contributed by atoms with van der Waals surface area (Å²) in [4.78, 5) is 6.66. The maximum absolute atomic E-state index is 9.67. The highest BCUT2D eigenvalue weighted by Gasteiger charge is 2.25. The van der Waals surface area contributed by atoms with Crippen molar-refractivity contribution in [2.24, 2.45) is 0 Å². The molecule has 0 fully saturated rings. The van der Waals surface area contributed by atoms with Gasteiger partial charge in [0.15, 0.2) is 0 Å². The van der Waals surface area contributed by atoms with Crippen molar-refractivity contribution in [3.05, 3.63) is 40.4 Å². The Morgan fingerprint density at radius 1 is 1.36 bits per heavy atom. The highest BCUT2D eigenvalue weighted by molar-refractivity contribution is 8.10. The van der Waals surface area contributed by atoms with E-state index in [2.05, 4.69) is 12.6 Å². The molecule has 4 nitrogen and oxygen atoms in total. The maximum Gasteiger partial charge on any atom is 0.238 e. The predicted octanol–water partition coefficient (Wildman–Crippen LogP) is 4.65. The van der Waals surface area contributed by atoms with E-state index in [1.54, 1.807) is 11.8 Å². The van der Waals surface area contributed by atoms with Gasteiger partial charge in [0.2, 0.25) is 5.00 Å². The summed E-state index contributed by atoms with van der Waals surface area (Å²) in [6.45, 7) is 6.28. The second kappa shape index (κ2) is 8.15. The Morgan fingerprint density at radius 2 is 2.12 bits per heavy atom. The lowest BCUT2D eigenvalue weighted by Crippen LogP contribution is -2.73. The SMILES string of the molecule is C=C(S/C=C\C)c1c2c(nc3sc([NH2+]O)c(C#N)c13)CCCCCC2. The molecule has 3 N–H and O–H groups in total. The number of aromatic nitrogens is 1. The van der Waals surface area contributed by atoms with Gasteiger partial charge in [0.1, 0.15) is 16.5 Å². The van der Waals surface area contributed by atoms with Crippen molar-refractivity contribution in [3.63, 3.8) is 0 Å². The Balaban J connectivity index is 2.32. The molecule has 0 radical (unpaired) electrons. The summed E-state index contributed by atoms with van der Waals surface area (Å²) in [7, 11) is 0. The van der Waals surface area contributed by atoms with Gasteiger partial charge in [-0.1, -0.05) is 48.6 Å². The van der Waals surface area contributed by atoms with Crippen molar-refractivity contribution in [1.82, 2.24) is 4.98 Å². The molecule has 0 aliphatic heterocycles. The van der Waals surface area contributed by atoms with E-state index >= 15 is 0 Å². The van der Waals surface area contributed by atoms with Crippen molar-refractivity contribution in [2.45, 2.75) is 45.4 Å². The minimum Gasteiger partial charge on any atom is -0.241 e. The summed E-state index contributed by atoms with van der Waals surface area (Å²) in [6.07, 6.45) is 8.69. The third-order valence-corrected chi connectivity index (χ3v) is 6.41. The molecule has 0 saturated carbocycles. The monoisotopic (exact) mass is 372 g/mol. The lowest BCUT2D eigenvalue weighted by Gasteiger charge is -2.19. The molecule has 0 spiro atoms. The molecule has 2 aromatic heterocycles. The number of nitrogens with two attached hydrogens (primary N) is 1. The largest absolute Gasteiger partial charge is 0.241 e. The molecule has 2 aromatic rings. The van der Waals surface area contributed by atoms with E-state index in [-0.39, 0.29) is 0 Å². The van der Waals surface area contributed by atoms with Crippen LogP contribution in [0.4, 0.5) is 5.00 Å². The van der Waals surface area contributed by atoms with E-state index in [0.717, 1.165) is 57.5 Å². The molecule has 6 heteroatoms. The van der Waals surface area contributed by atoms with Crippen LogP contribution in [0.3, 0.4) is 0 Å². The van der Waals surface area contributed by atoms with E-state index in [9.17, 15) is 10.5 Å². The van der Waals surface area contributed by atoms with Crippen molar-refractivity contribution >= 4 is 43.2 Å². The Bertz CT molecular complexity index is 877. The summed E-state index contributed by atoms with van der Waals surface area (Å²) < 4.78 is 0. The quantitative estimate of drug-likeness (QED) is 0.766. The van der Waals surface area contributed by atoms with Crippen LogP contribution in [0.1, 0.15) is 55.0 Å². The van der Waals surface area contributed by atoms with Crippen LogP contribution in [0.5, 0.6) is 0 Å². The number of thiophene rings is 1. The smallest absolute Gasteiger partial charge is 0.238 e. The fourth-order valence-corrected chi connectivity index (χ4v) is 4.99. The highest BCUT2D eigenvalue weighted by atomic mass is 32.2. The van der Waals surface area contributed by atoms with Crippen LogP contribution in [0, 0.1) is 11.3 Å². The number of quaternary nitrogens is 1. The van der Waals surface area contributed by atoms with Crippen LogP contribution >= 0.6 is 23.1 Å². The van der Waals surface area contributed by atoms with Gasteiger partial charge in [0, 0.05) is 21.5 Å². The van der Waals surface area contributed by atoms with Gasteiger partial charge < -0.3 is 0 Å². The standard InChI is InChI=1S/C19H21N3OS2/c1-3-10-24-12(2)16-13-8-6-4-5-7-9-15(13)21-19-17(16)14(11-20)18(22-23)25-19/h3,10,22-23H,2,4-9H2,1H3/p+1/b10-3-. The molecule has 0 saturated heterocycles. The zero-order chi connectivity index (χ0) is 17.8. The zero-order valence-corrected chi connectivity index (χ0v) is 16.0. The molecular weight excluding hydrogens is 350 g/mol. The van der Waals surface area contributed by atoms with E-state index < -0.39 is 0 Å². The fraction of sp³-hybridized carbons (Fsp3) is 0.368. The number of nitriles is 1. The van der Waals surface area contributed by atoms with Crippen molar-refractivity contribution in [3.8, 4) is 6.07 Å². The van der Waals surface area contributed by atoms with Crippen LogP contribution in [0.15, 0.2) is 18.1 Å². The minimum absolute atomic E-state index is 0.511. The van der Waals surface area contributed by atoms with Crippen LogP contribution < -0.4 is 5.48 Å². The minimum atomic E-state index is 0.511. The van der Waals surface area contributed by atoms with E-state index in [0.29, 0.717) is 10.6 Å². The lowest BCUT2D eigenvalue weighted by atomic mass is 9.91. The lowest BCUT2D eigenvalue weighted by molar-refractivity contribution is -0.823. The van der Waals surface area contributed by atoms with Gasteiger partial charge in [0.25, 0.3) is 0 Å². The van der Waals surface area contributed by atoms with Gasteiger partial charge in [-0.05, 0) is 43.6 Å². The average molecular weight is 373 g/mol. The van der Waals surface area contributed by atoms with E-state index in [1.165, 1.54) is 29.7 Å². The summed E-state index contributed by atoms with van der Waals surface area (Å²) in [5.74, 6) is 0. The second-order valence-electron chi connectivity index (χ2n) is 6.10. The fourth-order valence-electron chi connectivity index (χ4n) is 3.37. The molecule has 25 heavy (non-hydrogen) atoms. The molecule has 130 valence electrons. The van der Waals surface area contributed by atoms with Crippen LogP contribution in [-0.4, -0.2) is 10.2 Å². The molecule has 1 aliphatic carbocycles. The van der Waals surface area contributed by atoms with Crippen LogP contribution in [-0.2, 0) is 12.8 Å². The number of thioether (sulfide) groups is 1. The van der Waals surface area contributed by atoms with Crippen LogP contribution in [0.25, 0.3) is 15.1 Å². The number of rotatable bonds is 4. The van der Waals surface area contributed by atoms with Gasteiger partial charge in [0.05, 0.1) is 0 Å². The normalized spacial score (nSPS) is 14.9. The zero-order valence-electron chi connectivity index (χ0n) is 14.3. The highest BCUT2D eigenvalue weighted by Crippen LogP contribution is 2.42. The number of fused-ring (bicyclic) bond motifs is 2. The van der Waals surface area contributed by atoms with Gasteiger partial charge >= 0.3 is 0 Å². The number of nitrogens with zero attached hydrogens (tertiary/aromatic N) is 2. The molecule has 0 atom stereocenters. The molecule has 2 heterocycles. The van der Waals surface area contributed by atoms with E-state index in [4.69, 9.17) is 4.98 Å². The van der Waals surface area contributed by atoms with Gasteiger partial charge in [-0.3, -0.25) is 0 Å². The molecule has 0 amide bonds. The molecule has 0 aromatic carbocycles. The summed E-state index contributed by atoms with van der Waals surface area (Å²) >= 11 is 2.97. The van der Waals surface area contributed by atoms with E-state index in [1.807, 2.05) is 18.4 Å². The number of aryl methyl sites for hydroxylation is 1. The van der Waals surface area contributed by atoms with Crippen LogP contribution in [0.2, 0.25) is 0 Å². The average Bonchev–Trinajstić information content (AvgIpc) is 2.96. The Hall–Kier alpha value is -1.65. The Morgan fingerprint density at radius 3 is 2.80 bits per heavy atom. The van der Waals surface area contributed by atoms with Gasteiger partial charge in [-0.2, -0.15) is 10.7 Å². The van der Waals surface area contributed by atoms with Gasteiger partial charge in [-0.25, -0.2) is 10.2 Å². The summed E-state index contributed by atoms with van der Waals surface area (Å²) in [6, 6.07) is 2.27. The molecule has 0 bridgehead atoms. The number of pyridine rings is 1. The van der Waals surface area contributed by atoms with Gasteiger partial charge in [-0.15, -0.1) is 0 Å². The first-order valence-corrected chi connectivity index (χ1v) is 10.2. The number of hydrogen-bond acceptors (Lipinski definition) is 5. The molecule has 0 unspecified atom stereocenters. The van der Waals surface area contributed by atoms with Crippen molar-refractivity contribution in [1.29, 1.82) is 5.26 Å². The molecular formula is C19H22N3OS2+. The predicted molar refractivity (Wildman–Crippen MR) is 105 cm³/mol. The summed E-state index contributed by atoms with van der Waals surface area (Å²) in [5, 5.41) is 22.7. The second-order valence-corrected chi connectivity index (χ2v) is 8.13. The summed E-state index contributed by atoms with van der Waals surface area (Å²) in [5.41, 5.74) is 4.98. The first-order valence-electron chi connectivity index (χ1n) is 8.54. The molecule has 1 aliphatic rings. The third kappa shape index (κ3) is 3.51. The topological polar surface area (TPSA) is 73.5 Å². The first kappa shape index (κ1) is 18.2. The van der Waals surface area contributed by atoms with Crippen molar-refractivity contribution < 1.29 is 10.7 Å². The first-order chi connectivity index (χ1) is 12.2.